The van der Waals surface area contributed by atoms with Crippen LogP contribution in [0.1, 0.15) is 38.4 Å². The van der Waals surface area contributed by atoms with E-state index in [-0.39, 0.29) is 17.2 Å². The van der Waals surface area contributed by atoms with Crippen molar-refractivity contribution in [2.75, 3.05) is 0 Å². The zero-order valence-electron chi connectivity index (χ0n) is 14.1. The molecule has 0 radical (unpaired) electrons. The predicted octanol–water partition coefficient (Wildman–Crippen LogP) is 0.429. The number of amides is 1. The molecule has 0 aliphatic heterocycles. The number of nitrogens with zero attached hydrogens (tertiary/aromatic N) is 6. The lowest BCUT2D eigenvalue weighted by Gasteiger charge is -1.87. The summed E-state index contributed by atoms with van der Waals surface area (Å²) in [5, 5.41) is 8.28. The number of rotatable bonds is 3. The van der Waals surface area contributed by atoms with E-state index in [1.165, 1.54) is 62.7 Å². The van der Waals surface area contributed by atoms with Crippen LogP contribution in [0.5, 0.6) is 0 Å². The number of carboxylic acid groups (broad SMARTS) is 1. The Hall–Kier alpha value is -4.15. The molecule has 27 heavy (non-hydrogen) atoms. The summed E-state index contributed by atoms with van der Waals surface area (Å²) in [6, 6.07) is 0. The van der Waals surface area contributed by atoms with Crippen LogP contribution in [0.3, 0.4) is 0 Å². The van der Waals surface area contributed by atoms with Gasteiger partial charge in [0, 0.05) is 44.1 Å². The summed E-state index contributed by atoms with van der Waals surface area (Å²) in [6.45, 7) is 1.46. The molecule has 0 saturated carbocycles. The van der Waals surface area contributed by atoms with Crippen LogP contribution < -0.4 is 5.73 Å². The molecule has 0 saturated heterocycles. The molecule has 0 aliphatic rings. The van der Waals surface area contributed by atoms with Crippen molar-refractivity contribution in [2.45, 2.75) is 6.92 Å². The van der Waals surface area contributed by atoms with Crippen molar-refractivity contribution in [3.05, 3.63) is 72.9 Å². The van der Waals surface area contributed by atoms with Gasteiger partial charge in [0.15, 0.2) is 11.5 Å². The van der Waals surface area contributed by atoms with Gasteiger partial charge < -0.3 is 10.8 Å². The largest absolute Gasteiger partial charge is 0.476 e. The van der Waals surface area contributed by atoms with Gasteiger partial charge in [-0.05, 0) is 0 Å². The Balaban J connectivity index is 0.000000202. The van der Waals surface area contributed by atoms with E-state index in [4.69, 9.17) is 10.8 Å². The first kappa shape index (κ1) is 20.9. The molecule has 3 rings (SSSR count). The minimum atomic E-state index is -1.05. The first-order valence-corrected chi connectivity index (χ1v) is 7.24. The lowest BCUT2D eigenvalue weighted by Crippen LogP contribution is -2.12. The molecule has 138 valence electrons. The highest BCUT2D eigenvalue weighted by Gasteiger charge is 2.00. The standard InChI is InChI=1S/C6H6N2O.C5H5N3O.C5H4N2O2/c1-5(9)6-4-7-2-3-8-6;6-5(9)4-3-7-1-2-8-4;8-5(9)4-3-6-1-2-7-4/h2-4H,1H3;1-3H,(H2,6,9);1-3H,(H,8,9). The molecule has 0 unspecified atom stereocenters. The van der Waals surface area contributed by atoms with E-state index in [2.05, 4.69) is 29.9 Å². The van der Waals surface area contributed by atoms with Crippen LogP contribution in [-0.2, 0) is 0 Å². The minimum absolute atomic E-state index is 0.0301. The second-order valence-electron chi connectivity index (χ2n) is 4.50. The second kappa shape index (κ2) is 11.4. The molecule has 1 amide bonds. The summed E-state index contributed by atoms with van der Waals surface area (Å²) >= 11 is 0. The Kier molecular flexibility index (Phi) is 8.83. The van der Waals surface area contributed by atoms with Gasteiger partial charge in [0.25, 0.3) is 5.91 Å². The van der Waals surface area contributed by atoms with E-state index >= 15 is 0 Å². The van der Waals surface area contributed by atoms with Crippen LogP contribution in [0.25, 0.3) is 0 Å². The van der Waals surface area contributed by atoms with Crippen molar-refractivity contribution in [1.29, 1.82) is 0 Å². The number of hydrogen-bond donors (Lipinski definition) is 2. The zero-order chi connectivity index (χ0) is 20.1. The summed E-state index contributed by atoms with van der Waals surface area (Å²) < 4.78 is 0. The van der Waals surface area contributed by atoms with Crippen molar-refractivity contribution < 1.29 is 19.5 Å². The number of primary amides is 1. The first-order chi connectivity index (χ1) is 12.9. The molecule has 3 heterocycles. The minimum Gasteiger partial charge on any atom is -0.476 e. The maximum absolute atomic E-state index is 10.5. The van der Waals surface area contributed by atoms with E-state index in [0.717, 1.165) is 0 Å². The Morgan fingerprint density at radius 2 is 1.15 bits per heavy atom. The Morgan fingerprint density at radius 3 is 1.33 bits per heavy atom. The molecular formula is C16H15N7O4. The van der Waals surface area contributed by atoms with Gasteiger partial charge in [-0.1, -0.05) is 0 Å². The number of carbonyl (C=O) groups is 3. The van der Waals surface area contributed by atoms with Crippen LogP contribution in [0.15, 0.2) is 55.8 Å². The summed E-state index contributed by atoms with van der Waals surface area (Å²) in [6.07, 6.45) is 12.7. The molecular weight excluding hydrogens is 354 g/mol. The quantitative estimate of drug-likeness (QED) is 0.616. The zero-order valence-corrected chi connectivity index (χ0v) is 14.1. The van der Waals surface area contributed by atoms with Crippen LogP contribution in [-0.4, -0.2) is 52.7 Å². The van der Waals surface area contributed by atoms with Crippen LogP contribution >= 0.6 is 0 Å². The average molecular weight is 369 g/mol. The third kappa shape index (κ3) is 8.49. The van der Waals surface area contributed by atoms with Gasteiger partial charge in [-0.3, -0.25) is 24.5 Å². The second-order valence-corrected chi connectivity index (χ2v) is 4.50. The van der Waals surface area contributed by atoms with Crippen molar-refractivity contribution in [3.8, 4) is 0 Å². The third-order valence-corrected chi connectivity index (χ3v) is 2.52. The van der Waals surface area contributed by atoms with Gasteiger partial charge >= 0.3 is 5.97 Å². The molecule has 0 aliphatic carbocycles. The molecule has 0 fully saturated rings. The molecule has 0 spiro atoms. The lowest BCUT2D eigenvalue weighted by atomic mass is 10.3. The summed E-state index contributed by atoms with van der Waals surface area (Å²) in [5.41, 5.74) is 5.45. The average Bonchev–Trinajstić information content (AvgIpc) is 2.71. The topological polar surface area (TPSA) is 175 Å². The van der Waals surface area contributed by atoms with Crippen molar-refractivity contribution in [3.63, 3.8) is 0 Å². The van der Waals surface area contributed by atoms with E-state index < -0.39 is 11.9 Å². The Bertz CT molecular complexity index is 744. The predicted molar refractivity (Wildman–Crippen MR) is 91.6 cm³/mol. The maximum atomic E-state index is 10.5. The molecule has 0 bridgehead atoms. The van der Waals surface area contributed by atoms with Gasteiger partial charge in [0.2, 0.25) is 0 Å². The van der Waals surface area contributed by atoms with Gasteiger partial charge in [0.1, 0.15) is 11.4 Å². The number of carboxylic acids is 1. The number of hydrogen-bond acceptors (Lipinski definition) is 9. The van der Waals surface area contributed by atoms with Crippen LogP contribution in [0.2, 0.25) is 0 Å². The lowest BCUT2D eigenvalue weighted by molar-refractivity contribution is 0.0689. The Morgan fingerprint density at radius 1 is 0.741 bits per heavy atom. The SMILES string of the molecule is CC(=O)c1cnccn1.NC(=O)c1cnccn1.O=C(O)c1cnccn1. The molecule has 3 aromatic rings. The molecule has 3 aromatic heterocycles. The number of carbonyl (C=O) groups excluding carboxylic acids is 2. The molecule has 11 nitrogen and oxygen atoms in total. The highest BCUT2D eigenvalue weighted by atomic mass is 16.4. The molecule has 0 aromatic carbocycles. The monoisotopic (exact) mass is 369 g/mol. The number of aromatic nitrogens is 6. The van der Waals surface area contributed by atoms with Crippen LogP contribution in [0, 0.1) is 0 Å². The normalized spacial score (nSPS) is 8.93. The number of Topliss-reactive ketones (excluding diaryl/α,β-unsaturated/α-hetero) is 1. The van der Waals surface area contributed by atoms with Gasteiger partial charge in [0.05, 0.1) is 18.6 Å². The summed E-state index contributed by atoms with van der Waals surface area (Å²) in [5.74, 6) is -1.66. The van der Waals surface area contributed by atoms with E-state index in [1.807, 2.05) is 0 Å². The number of aromatic carboxylic acids is 1. The van der Waals surface area contributed by atoms with Gasteiger partial charge in [-0.15, -0.1) is 0 Å². The maximum Gasteiger partial charge on any atom is 0.356 e. The van der Waals surface area contributed by atoms with Crippen molar-refractivity contribution in [1.82, 2.24) is 29.9 Å². The first-order valence-electron chi connectivity index (χ1n) is 7.24. The third-order valence-electron chi connectivity index (χ3n) is 2.52. The fourth-order valence-electron chi connectivity index (χ4n) is 1.32. The van der Waals surface area contributed by atoms with Crippen LogP contribution in [0.4, 0.5) is 0 Å². The molecule has 3 N–H and O–H groups in total. The summed E-state index contributed by atoms with van der Waals surface area (Å²) in [4.78, 5) is 52.8. The van der Waals surface area contributed by atoms with Gasteiger partial charge in [-0.25, -0.2) is 19.7 Å². The highest BCUT2D eigenvalue weighted by molar-refractivity contribution is 5.91. The smallest absolute Gasteiger partial charge is 0.356 e. The number of nitrogens with two attached hydrogens (primary N) is 1. The van der Waals surface area contributed by atoms with E-state index in [1.54, 1.807) is 0 Å². The van der Waals surface area contributed by atoms with Crippen molar-refractivity contribution >= 4 is 17.7 Å². The fourth-order valence-corrected chi connectivity index (χ4v) is 1.32. The van der Waals surface area contributed by atoms with E-state index in [0.29, 0.717) is 5.69 Å². The Labute approximate surface area is 153 Å². The highest BCUT2D eigenvalue weighted by Crippen LogP contribution is 1.89. The number of ketones is 1. The van der Waals surface area contributed by atoms with E-state index in [9.17, 15) is 14.4 Å². The molecule has 11 heteroatoms. The van der Waals surface area contributed by atoms with Gasteiger partial charge in [-0.2, -0.15) is 0 Å². The fraction of sp³-hybridized carbons (Fsp3) is 0.0625. The summed E-state index contributed by atoms with van der Waals surface area (Å²) in [7, 11) is 0. The van der Waals surface area contributed by atoms with Crippen molar-refractivity contribution in [2.24, 2.45) is 5.73 Å². The molecule has 0 atom stereocenters.